The van der Waals surface area contributed by atoms with Crippen LogP contribution in [0.5, 0.6) is 0 Å². The molecular weight excluding hydrogens is 168 g/mol. The minimum absolute atomic E-state index is 0.0750. The highest BCUT2D eigenvalue weighted by Crippen LogP contribution is 2.18. The Labute approximate surface area is 79.8 Å². The Bertz CT molecular complexity index is 156. The summed E-state index contributed by atoms with van der Waals surface area (Å²) in [5.41, 5.74) is 0. The first-order valence-electron chi connectivity index (χ1n) is 4.91. The molecule has 0 heterocycles. The Morgan fingerprint density at radius 2 is 1.92 bits per heavy atom. The highest BCUT2D eigenvalue weighted by molar-refractivity contribution is 5.70. The van der Waals surface area contributed by atoms with Gasteiger partial charge in [0, 0.05) is 0 Å². The number of aliphatic carboxylic acids is 1. The van der Waals surface area contributed by atoms with Gasteiger partial charge in [0.15, 0.2) is 0 Å². The Hall–Kier alpha value is -0.570. The quantitative estimate of drug-likeness (QED) is 0.669. The molecule has 0 bridgehead atoms. The van der Waals surface area contributed by atoms with Crippen LogP contribution >= 0.6 is 0 Å². The third kappa shape index (κ3) is 4.27. The molecule has 0 saturated carbocycles. The van der Waals surface area contributed by atoms with Crippen molar-refractivity contribution >= 4 is 5.97 Å². The monoisotopic (exact) mass is 188 g/mol. The largest absolute Gasteiger partial charge is 0.481 e. The molecule has 0 rings (SSSR count). The number of aliphatic hydroxyl groups excluding tert-OH is 1. The Balaban J connectivity index is 3.93. The van der Waals surface area contributed by atoms with Crippen LogP contribution < -0.4 is 0 Å². The van der Waals surface area contributed by atoms with Crippen LogP contribution in [0.3, 0.4) is 0 Å². The SMILES string of the molecule is CCCCC(C)C(O)C(C)C(=O)O. The second kappa shape index (κ2) is 5.97. The zero-order chi connectivity index (χ0) is 10.4. The molecule has 0 fully saturated rings. The van der Waals surface area contributed by atoms with E-state index in [2.05, 4.69) is 6.92 Å². The van der Waals surface area contributed by atoms with E-state index in [1.54, 1.807) is 6.92 Å². The van der Waals surface area contributed by atoms with E-state index in [-0.39, 0.29) is 5.92 Å². The lowest BCUT2D eigenvalue weighted by Gasteiger charge is -2.21. The van der Waals surface area contributed by atoms with E-state index in [4.69, 9.17) is 5.11 Å². The minimum atomic E-state index is -0.921. The number of hydrogen-bond donors (Lipinski definition) is 2. The Kier molecular flexibility index (Phi) is 5.71. The van der Waals surface area contributed by atoms with Crippen LogP contribution in [0.2, 0.25) is 0 Å². The van der Waals surface area contributed by atoms with Crippen molar-refractivity contribution in [2.24, 2.45) is 11.8 Å². The van der Waals surface area contributed by atoms with E-state index in [9.17, 15) is 9.90 Å². The van der Waals surface area contributed by atoms with Crippen molar-refractivity contribution in [3.63, 3.8) is 0 Å². The molecule has 0 spiro atoms. The van der Waals surface area contributed by atoms with Crippen LogP contribution in [0.4, 0.5) is 0 Å². The Morgan fingerprint density at radius 1 is 1.38 bits per heavy atom. The van der Waals surface area contributed by atoms with E-state index in [0.29, 0.717) is 0 Å². The predicted octanol–water partition coefficient (Wildman–Crippen LogP) is 1.89. The average molecular weight is 188 g/mol. The van der Waals surface area contributed by atoms with Gasteiger partial charge in [-0.15, -0.1) is 0 Å². The lowest BCUT2D eigenvalue weighted by molar-refractivity contribution is -0.146. The summed E-state index contributed by atoms with van der Waals surface area (Å²) in [5.74, 6) is -1.51. The van der Waals surface area contributed by atoms with Crippen LogP contribution in [0.15, 0.2) is 0 Å². The molecular formula is C10H20O3. The highest BCUT2D eigenvalue weighted by atomic mass is 16.4. The molecule has 0 aromatic rings. The molecule has 78 valence electrons. The summed E-state index contributed by atoms with van der Waals surface area (Å²) in [4.78, 5) is 10.6. The van der Waals surface area contributed by atoms with Crippen molar-refractivity contribution in [1.29, 1.82) is 0 Å². The maximum absolute atomic E-state index is 10.6. The third-order valence-electron chi connectivity index (χ3n) is 2.50. The average Bonchev–Trinajstić information content (AvgIpc) is 2.11. The number of hydrogen-bond acceptors (Lipinski definition) is 2. The lowest BCUT2D eigenvalue weighted by Crippen LogP contribution is -2.31. The number of aliphatic hydroxyl groups is 1. The van der Waals surface area contributed by atoms with Gasteiger partial charge in [0.05, 0.1) is 12.0 Å². The molecule has 2 N–H and O–H groups in total. The predicted molar refractivity (Wildman–Crippen MR) is 51.5 cm³/mol. The van der Waals surface area contributed by atoms with Crippen LogP contribution in [0.1, 0.15) is 40.0 Å². The summed E-state index contributed by atoms with van der Waals surface area (Å²) in [6.45, 7) is 5.54. The van der Waals surface area contributed by atoms with Gasteiger partial charge >= 0.3 is 5.97 Å². The molecule has 0 aromatic heterocycles. The van der Waals surface area contributed by atoms with Crippen LogP contribution in [-0.2, 0) is 4.79 Å². The molecule has 0 saturated heterocycles. The van der Waals surface area contributed by atoms with Gasteiger partial charge in [0.2, 0.25) is 0 Å². The van der Waals surface area contributed by atoms with Gasteiger partial charge in [-0.1, -0.05) is 26.7 Å². The molecule has 3 atom stereocenters. The van der Waals surface area contributed by atoms with Crippen molar-refractivity contribution in [2.45, 2.75) is 46.1 Å². The van der Waals surface area contributed by atoms with E-state index in [1.807, 2.05) is 6.92 Å². The summed E-state index contributed by atoms with van der Waals surface area (Å²) in [7, 11) is 0. The highest BCUT2D eigenvalue weighted by Gasteiger charge is 2.25. The van der Waals surface area contributed by atoms with Crippen LogP contribution in [0.25, 0.3) is 0 Å². The van der Waals surface area contributed by atoms with Gasteiger partial charge in [-0.25, -0.2) is 0 Å². The first-order valence-corrected chi connectivity index (χ1v) is 4.91. The fraction of sp³-hybridized carbons (Fsp3) is 0.900. The first-order chi connectivity index (χ1) is 6.00. The summed E-state index contributed by atoms with van der Waals surface area (Å²) >= 11 is 0. The summed E-state index contributed by atoms with van der Waals surface area (Å²) < 4.78 is 0. The van der Waals surface area contributed by atoms with Crippen molar-refractivity contribution in [3.05, 3.63) is 0 Å². The maximum Gasteiger partial charge on any atom is 0.308 e. The van der Waals surface area contributed by atoms with Crippen molar-refractivity contribution in [1.82, 2.24) is 0 Å². The van der Waals surface area contributed by atoms with Crippen LogP contribution in [0, 0.1) is 11.8 Å². The van der Waals surface area contributed by atoms with Gasteiger partial charge in [-0.05, 0) is 19.3 Å². The molecule has 3 heteroatoms. The van der Waals surface area contributed by atoms with Crippen LogP contribution in [-0.4, -0.2) is 22.3 Å². The smallest absolute Gasteiger partial charge is 0.308 e. The number of rotatable bonds is 6. The molecule has 13 heavy (non-hydrogen) atoms. The molecule has 0 aliphatic heterocycles. The van der Waals surface area contributed by atoms with E-state index in [1.165, 1.54) is 0 Å². The van der Waals surface area contributed by atoms with Crippen molar-refractivity contribution in [2.75, 3.05) is 0 Å². The normalized spacial score (nSPS) is 17.8. The Morgan fingerprint density at radius 3 is 2.31 bits per heavy atom. The molecule has 0 aliphatic rings. The van der Waals surface area contributed by atoms with Gasteiger partial charge in [-0.3, -0.25) is 4.79 Å². The van der Waals surface area contributed by atoms with Gasteiger partial charge < -0.3 is 10.2 Å². The summed E-state index contributed by atoms with van der Waals surface area (Å²) in [6.07, 6.45) is 2.31. The van der Waals surface area contributed by atoms with Crippen molar-refractivity contribution in [3.8, 4) is 0 Å². The number of carbonyl (C=O) groups is 1. The standard InChI is InChI=1S/C10H20O3/c1-4-5-6-7(2)9(11)8(3)10(12)13/h7-9,11H,4-6H2,1-3H3,(H,12,13). The second-order valence-corrected chi connectivity index (χ2v) is 3.74. The summed E-state index contributed by atoms with van der Waals surface area (Å²) in [6, 6.07) is 0. The summed E-state index contributed by atoms with van der Waals surface area (Å²) in [5, 5.41) is 18.3. The molecule has 3 nitrogen and oxygen atoms in total. The third-order valence-corrected chi connectivity index (χ3v) is 2.50. The topological polar surface area (TPSA) is 57.5 Å². The fourth-order valence-electron chi connectivity index (χ4n) is 1.34. The van der Waals surface area contributed by atoms with Gasteiger partial charge in [0.25, 0.3) is 0 Å². The number of carboxylic acids is 1. The number of unbranched alkanes of at least 4 members (excludes halogenated alkanes) is 1. The van der Waals surface area contributed by atoms with E-state index in [0.717, 1.165) is 19.3 Å². The maximum atomic E-state index is 10.6. The van der Waals surface area contributed by atoms with E-state index < -0.39 is 18.0 Å². The molecule has 0 aliphatic carbocycles. The molecule has 0 radical (unpaired) electrons. The lowest BCUT2D eigenvalue weighted by atomic mass is 9.90. The number of carboxylic acid groups (broad SMARTS) is 1. The molecule has 0 aromatic carbocycles. The zero-order valence-electron chi connectivity index (χ0n) is 8.66. The fourth-order valence-corrected chi connectivity index (χ4v) is 1.34. The molecule has 0 amide bonds. The van der Waals surface area contributed by atoms with Gasteiger partial charge in [-0.2, -0.15) is 0 Å². The van der Waals surface area contributed by atoms with Gasteiger partial charge in [0.1, 0.15) is 0 Å². The van der Waals surface area contributed by atoms with E-state index >= 15 is 0 Å². The minimum Gasteiger partial charge on any atom is -0.481 e. The van der Waals surface area contributed by atoms with Crippen molar-refractivity contribution < 1.29 is 15.0 Å². The zero-order valence-corrected chi connectivity index (χ0v) is 8.66. The molecule has 3 unspecified atom stereocenters. The first kappa shape index (κ1) is 12.4. The second-order valence-electron chi connectivity index (χ2n) is 3.74.